The molecule has 0 bridgehead atoms. The average Bonchev–Trinajstić information content (AvgIpc) is 2.48. The number of nitrogens with zero attached hydrogens (tertiary/aromatic N) is 1. The highest BCUT2D eigenvalue weighted by atomic mass is 35.5. The molecular formula is C14H19ClN2O3S. The number of carbonyl (C=O) groups is 1. The van der Waals surface area contributed by atoms with Crippen molar-refractivity contribution in [1.82, 2.24) is 4.90 Å². The number of ether oxygens (including phenoxy) is 1. The minimum absolute atomic E-state index is 0.0267. The second-order valence-electron chi connectivity index (χ2n) is 4.88. The maximum absolute atomic E-state index is 12.1. The Morgan fingerprint density at radius 1 is 1.43 bits per heavy atom. The largest absolute Gasteiger partial charge is 0.378 e. The molecule has 0 saturated carbocycles. The quantitative estimate of drug-likeness (QED) is 0.888. The number of anilines is 1. The Morgan fingerprint density at radius 3 is 2.81 bits per heavy atom. The summed E-state index contributed by atoms with van der Waals surface area (Å²) in [5.41, 5.74) is 1.63. The lowest BCUT2D eigenvalue weighted by molar-refractivity contribution is -0.133. The third-order valence-corrected chi connectivity index (χ3v) is 4.26. The van der Waals surface area contributed by atoms with Crippen LogP contribution < -0.4 is 5.32 Å². The van der Waals surface area contributed by atoms with Crippen molar-refractivity contribution in [2.75, 3.05) is 44.4 Å². The van der Waals surface area contributed by atoms with E-state index in [1.165, 1.54) is 0 Å². The molecule has 0 aromatic heterocycles. The van der Waals surface area contributed by atoms with Gasteiger partial charge in [-0.05, 0) is 17.7 Å². The normalized spacial score (nSPS) is 16.6. The minimum Gasteiger partial charge on any atom is -0.378 e. The summed E-state index contributed by atoms with van der Waals surface area (Å²) in [4.78, 5) is 13.8. The molecule has 0 unspecified atom stereocenters. The van der Waals surface area contributed by atoms with Gasteiger partial charge in [0.1, 0.15) is 0 Å². The number of hydrogen-bond acceptors (Lipinski definition) is 4. The second-order valence-corrected chi connectivity index (χ2v) is 6.72. The summed E-state index contributed by atoms with van der Waals surface area (Å²) in [5.74, 6) is 0.502. The number of rotatable bonds is 5. The van der Waals surface area contributed by atoms with E-state index in [9.17, 15) is 9.00 Å². The number of benzene rings is 1. The molecular weight excluding hydrogens is 312 g/mol. The van der Waals surface area contributed by atoms with E-state index in [2.05, 4.69) is 5.32 Å². The van der Waals surface area contributed by atoms with Gasteiger partial charge in [0.25, 0.3) is 0 Å². The number of nitrogens with one attached hydrogen (secondary N) is 1. The average molecular weight is 331 g/mol. The van der Waals surface area contributed by atoms with Crippen LogP contribution in [0.2, 0.25) is 5.02 Å². The summed E-state index contributed by atoms with van der Waals surface area (Å²) in [5, 5.41) is 3.61. The van der Waals surface area contributed by atoms with Crippen LogP contribution in [0, 0.1) is 0 Å². The van der Waals surface area contributed by atoms with Gasteiger partial charge in [-0.1, -0.05) is 17.7 Å². The second kappa shape index (κ2) is 7.77. The first kappa shape index (κ1) is 16.3. The van der Waals surface area contributed by atoms with E-state index in [0.29, 0.717) is 42.8 Å². The summed E-state index contributed by atoms with van der Waals surface area (Å²) in [6, 6.07) is 5.44. The van der Waals surface area contributed by atoms with Gasteiger partial charge in [0.15, 0.2) is 0 Å². The number of halogens is 1. The lowest BCUT2D eigenvalue weighted by Crippen LogP contribution is -2.43. The summed E-state index contributed by atoms with van der Waals surface area (Å²) in [6.07, 6.45) is 1.66. The molecule has 1 amide bonds. The first-order valence-electron chi connectivity index (χ1n) is 6.74. The molecule has 0 aliphatic carbocycles. The van der Waals surface area contributed by atoms with Crippen molar-refractivity contribution in [3.63, 3.8) is 0 Å². The Kier molecular flexibility index (Phi) is 6.02. The van der Waals surface area contributed by atoms with Crippen LogP contribution in [-0.2, 0) is 26.1 Å². The molecule has 7 heteroatoms. The first-order chi connectivity index (χ1) is 10.1. The van der Waals surface area contributed by atoms with E-state index < -0.39 is 10.8 Å². The predicted octanol–water partition coefficient (Wildman–Crippen LogP) is 1.49. The zero-order chi connectivity index (χ0) is 15.2. The first-order valence-corrected chi connectivity index (χ1v) is 8.84. The van der Waals surface area contributed by atoms with Crippen molar-refractivity contribution >= 4 is 34.0 Å². The van der Waals surface area contributed by atoms with E-state index in [0.717, 1.165) is 5.56 Å². The van der Waals surface area contributed by atoms with Crippen LogP contribution in [-0.4, -0.2) is 54.1 Å². The molecule has 1 N–H and O–H groups in total. The van der Waals surface area contributed by atoms with Crippen LogP contribution >= 0.6 is 11.6 Å². The molecule has 0 radical (unpaired) electrons. The number of carbonyl (C=O) groups excluding carboxylic acids is 1. The summed E-state index contributed by atoms with van der Waals surface area (Å²) < 4.78 is 16.5. The Balaban J connectivity index is 1.95. The van der Waals surface area contributed by atoms with Crippen LogP contribution in [0.15, 0.2) is 18.2 Å². The molecule has 1 aliphatic heterocycles. The Morgan fingerprint density at radius 2 is 2.14 bits per heavy atom. The zero-order valence-electron chi connectivity index (χ0n) is 11.9. The Labute approximate surface area is 132 Å². The maximum atomic E-state index is 12.1. The van der Waals surface area contributed by atoms with Gasteiger partial charge in [-0.25, -0.2) is 0 Å². The summed E-state index contributed by atoms with van der Waals surface area (Å²) >= 11 is 6.12. The van der Waals surface area contributed by atoms with Crippen molar-refractivity contribution in [3.8, 4) is 0 Å². The van der Waals surface area contributed by atoms with Crippen LogP contribution in [0.3, 0.4) is 0 Å². The lowest BCUT2D eigenvalue weighted by atomic mass is 10.2. The highest BCUT2D eigenvalue weighted by molar-refractivity contribution is 7.83. The van der Waals surface area contributed by atoms with Gasteiger partial charge in [0, 0.05) is 35.9 Å². The third-order valence-electron chi connectivity index (χ3n) is 3.19. The third kappa shape index (κ3) is 4.98. The van der Waals surface area contributed by atoms with Crippen molar-refractivity contribution in [3.05, 3.63) is 28.8 Å². The topological polar surface area (TPSA) is 58.6 Å². The summed E-state index contributed by atoms with van der Waals surface area (Å²) in [7, 11) is -0.908. The van der Waals surface area contributed by atoms with Gasteiger partial charge >= 0.3 is 0 Å². The number of morpholine rings is 1. The van der Waals surface area contributed by atoms with E-state index in [-0.39, 0.29) is 12.5 Å². The molecule has 1 aromatic rings. The Bertz CT molecular complexity index is 533. The molecule has 2 rings (SSSR count). The fourth-order valence-corrected chi connectivity index (χ4v) is 2.96. The highest BCUT2D eigenvalue weighted by Crippen LogP contribution is 2.23. The van der Waals surface area contributed by atoms with Crippen molar-refractivity contribution in [1.29, 1.82) is 0 Å². The standard InChI is InChI=1S/C14H19ClN2O3S/c1-21(19)10-11-2-3-12(15)13(8-11)16-9-14(18)17-4-6-20-7-5-17/h2-3,8,16H,4-7,9-10H2,1H3/t21-/m0/s1. The van der Waals surface area contributed by atoms with Crippen molar-refractivity contribution < 1.29 is 13.7 Å². The number of hydrogen-bond donors (Lipinski definition) is 1. The molecule has 0 spiro atoms. The molecule has 5 nitrogen and oxygen atoms in total. The monoisotopic (exact) mass is 330 g/mol. The zero-order valence-corrected chi connectivity index (χ0v) is 13.5. The van der Waals surface area contributed by atoms with Gasteiger partial charge in [-0.3, -0.25) is 9.00 Å². The van der Waals surface area contributed by atoms with Crippen LogP contribution in [0.4, 0.5) is 5.69 Å². The fraction of sp³-hybridized carbons (Fsp3) is 0.500. The van der Waals surface area contributed by atoms with Crippen LogP contribution in [0.25, 0.3) is 0 Å². The molecule has 1 aromatic carbocycles. The van der Waals surface area contributed by atoms with Gasteiger partial charge in [0.05, 0.1) is 30.5 Å². The predicted molar refractivity (Wildman–Crippen MR) is 85.1 cm³/mol. The fourth-order valence-electron chi connectivity index (χ4n) is 2.13. The van der Waals surface area contributed by atoms with Gasteiger partial charge in [-0.15, -0.1) is 0 Å². The van der Waals surface area contributed by atoms with E-state index >= 15 is 0 Å². The molecule has 1 saturated heterocycles. The molecule has 116 valence electrons. The summed E-state index contributed by atoms with van der Waals surface area (Å²) in [6.45, 7) is 2.62. The van der Waals surface area contributed by atoms with Crippen molar-refractivity contribution in [2.24, 2.45) is 0 Å². The van der Waals surface area contributed by atoms with Gasteiger partial charge in [-0.2, -0.15) is 0 Å². The van der Waals surface area contributed by atoms with E-state index in [1.807, 2.05) is 12.1 Å². The lowest BCUT2D eigenvalue weighted by Gasteiger charge is -2.27. The van der Waals surface area contributed by atoms with E-state index in [1.54, 1.807) is 17.2 Å². The van der Waals surface area contributed by atoms with Gasteiger partial charge < -0.3 is 15.0 Å². The highest BCUT2D eigenvalue weighted by Gasteiger charge is 2.16. The smallest absolute Gasteiger partial charge is 0.242 e. The SMILES string of the molecule is C[S@](=O)Cc1ccc(Cl)c(NCC(=O)N2CCOCC2)c1. The van der Waals surface area contributed by atoms with Crippen LogP contribution in [0.1, 0.15) is 5.56 Å². The molecule has 1 aliphatic rings. The van der Waals surface area contributed by atoms with E-state index in [4.69, 9.17) is 16.3 Å². The molecule has 21 heavy (non-hydrogen) atoms. The van der Waals surface area contributed by atoms with Gasteiger partial charge in [0.2, 0.25) is 5.91 Å². The van der Waals surface area contributed by atoms with Crippen molar-refractivity contribution in [2.45, 2.75) is 5.75 Å². The number of amides is 1. The Hall–Kier alpha value is -1.11. The maximum Gasteiger partial charge on any atom is 0.242 e. The molecule has 1 fully saturated rings. The van der Waals surface area contributed by atoms with Crippen LogP contribution in [0.5, 0.6) is 0 Å². The molecule has 1 heterocycles. The minimum atomic E-state index is -0.908. The molecule has 1 atom stereocenters.